The molecule has 206 valence electrons. The number of amides is 2. The molecule has 4 rings (SSSR count). The van der Waals surface area contributed by atoms with Crippen LogP contribution in [0.2, 0.25) is 10.0 Å². The largest absolute Gasteiger partial charge is 0.479 e. The lowest BCUT2D eigenvalue weighted by molar-refractivity contribution is -0.702. The first-order valence-electron chi connectivity index (χ1n) is 11.3. The Labute approximate surface area is 245 Å². The van der Waals surface area contributed by atoms with Crippen molar-refractivity contribution in [3.63, 3.8) is 0 Å². The van der Waals surface area contributed by atoms with Gasteiger partial charge in [0.15, 0.2) is 18.9 Å². The summed E-state index contributed by atoms with van der Waals surface area (Å²) in [5.74, 6) is -2.68. The van der Waals surface area contributed by atoms with Gasteiger partial charge in [-0.05, 0) is 23.8 Å². The Morgan fingerprint density at radius 3 is 2.54 bits per heavy atom. The number of nitrogens with zero attached hydrogens (tertiary/aromatic N) is 2. The van der Waals surface area contributed by atoms with Crippen molar-refractivity contribution in [1.29, 1.82) is 0 Å². The van der Waals surface area contributed by atoms with Crippen LogP contribution < -0.4 is 9.88 Å². The summed E-state index contributed by atoms with van der Waals surface area (Å²) in [7, 11) is 0. The molecule has 39 heavy (non-hydrogen) atoms. The molecule has 0 saturated carbocycles. The third-order valence-corrected chi connectivity index (χ3v) is 9.93. The Hall–Kier alpha value is -2.42. The van der Waals surface area contributed by atoms with E-state index in [0.717, 1.165) is 4.90 Å². The van der Waals surface area contributed by atoms with Crippen molar-refractivity contribution in [3.8, 4) is 0 Å². The quantitative estimate of drug-likeness (QED) is 0.166. The van der Waals surface area contributed by atoms with Gasteiger partial charge in [-0.25, -0.2) is 14.2 Å². The molecule has 1 saturated heterocycles. The van der Waals surface area contributed by atoms with E-state index in [-0.39, 0.29) is 23.9 Å². The van der Waals surface area contributed by atoms with Crippen molar-refractivity contribution < 1.29 is 39.1 Å². The maximum atomic E-state index is 12.9. The number of carbonyl (C=O) groups is 4. The summed E-state index contributed by atoms with van der Waals surface area (Å²) in [4.78, 5) is 51.0. The number of carboxylic acids is 2. The summed E-state index contributed by atoms with van der Waals surface area (Å²) in [5.41, 5.74) is 0.508. The molecule has 0 bridgehead atoms. The Morgan fingerprint density at radius 2 is 1.87 bits per heavy atom. The Balaban J connectivity index is 1.35. The number of hydrogen-bond donors (Lipinski definition) is 4. The highest BCUT2D eigenvalue weighted by atomic mass is 35.5. The molecule has 1 unspecified atom stereocenters. The predicted molar refractivity (Wildman–Crippen MR) is 148 cm³/mol. The zero-order chi connectivity index (χ0) is 28.3. The van der Waals surface area contributed by atoms with E-state index in [9.17, 15) is 29.4 Å². The number of nitrogens with one attached hydrogen (secondary N) is 1. The molecule has 1 aromatic carbocycles. The lowest BCUT2D eigenvalue weighted by atomic mass is 10.0. The van der Waals surface area contributed by atoms with Crippen LogP contribution in [0, 0.1) is 0 Å². The molecule has 1 fully saturated rings. The molecule has 3 atom stereocenters. The summed E-state index contributed by atoms with van der Waals surface area (Å²) in [6, 6.07) is 7.56. The SMILES string of the molecule is O=C(CSc1cc(Cl)ccc1Cl)N[C@H]1C(=O)N2C(C(=O)O)=C(CSc3cc[n+](CC(O)C(=O)O)cc3)CS[C@H]12. The molecule has 0 aliphatic carbocycles. The van der Waals surface area contributed by atoms with Crippen LogP contribution in [0.25, 0.3) is 0 Å². The number of benzene rings is 1. The minimum absolute atomic E-state index is 0.0110. The number of aliphatic carboxylic acids is 2. The van der Waals surface area contributed by atoms with Crippen molar-refractivity contribution in [2.45, 2.75) is 33.9 Å². The normalized spacial score (nSPS) is 19.3. The fraction of sp³-hybridized carbons (Fsp3) is 0.292. The number of fused-ring (bicyclic) bond motifs is 1. The van der Waals surface area contributed by atoms with Gasteiger partial charge >= 0.3 is 11.9 Å². The first-order valence-corrected chi connectivity index (χ1v) is 15.1. The first-order chi connectivity index (χ1) is 18.5. The zero-order valence-corrected chi connectivity index (χ0v) is 23.9. The van der Waals surface area contributed by atoms with E-state index in [1.165, 1.54) is 44.8 Å². The fourth-order valence-corrected chi connectivity index (χ4v) is 7.52. The van der Waals surface area contributed by atoms with Gasteiger partial charge in [-0.3, -0.25) is 14.5 Å². The minimum atomic E-state index is -1.52. The van der Waals surface area contributed by atoms with Crippen LogP contribution in [0.15, 0.2) is 63.8 Å². The monoisotopic (exact) mass is 630 g/mol. The van der Waals surface area contributed by atoms with Gasteiger partial charge in [0.1, 0.15) is 17.1 Å². The van der Waals surface area contributed by atoms with Crippen LogP contribution in [0.1, 0.15) is 0 Å². The van der Waals surface area contributed by atoms with E-state index in [4.69, 9.17) is 28.3 Å². The number of carboxylic acid groups (broad SMARTS) is 2. The number of aliphatic hydroxyl groups is 1. The lowest BCUT2D eigenvalue weighted by Gasteiger charge is -2.49. The van der Waals surface area contributed by atoms with Gasteiger partial charge < -0.3 is 20.6 Å². The Kier molecular flexibility index (Phi) is 9.73. The van der Waals surface area contributed by atoms with E-state index in [1.807, 2.05) is 0 Å². The van der Waals surface area contributed by atoms with E-state index >= 15 is 0 Å². The van der Waals surface area contributed by atoms with Crippen molar-refractivity contribution in [2.24, 2.45) is 0 Å². The van der Waals surface area contributed by atoms with Gasteiger partial charge in [0, 0.05) is 38.5 Å². The van der Waals surface area contributed by atoms with E-state index in [0.29, 0.717) is 32.0 Å². The summed E-state index contributed by atoms with van der Waals surface area (Å²) in [6.45, 7) is -0.103. The average molecular weight is 632 g/mol. The number of hydrogen-bond acceptors (Lipinski definition) is 8. The zero-order valence-electron chi connectivity index (χ0n) is 20.0. The topological polar surface area (TPSA) is 148 Å². The van der Waals surface area contributed by atoms with Crippen molar-refractivity contribution in [2.75, 3.05) is 17.3 Å². The van der Waals surface area contributed by atoms with Crippen molar-refractivity contribution in [1.82, 2.24) is 10.2 Å². The summed E-state index contributed by atoms with van der Waals surface area (Å²) in [5, 5.41) is 31.3. The number of aromatic nitrogens is 1. The van der Waals surface area contributed by atoms with E-state index < -0.39 is 35.4 Å². The standard InChI is InChI=1S/C24H21Cl2N3O7S3/c25-13-1-2-15(26)17(7-13)38-11-18(31)27-19-21(32)29-20(24(35)36)12(10-39-22(19)29)9-37-14-3-5-28(6-4-14)8-16(30)23(33)34/h1-7,16,19,22,30H,8-11H2,(H2-,27,31,33,34,35,36)/p+1/t16?,19-,22+/m0/s1. The smallest absolute Gasteiger partial charge is 0.352 e. The van der Waals surface area contributed by atoms with Crippen LogP contribution in [0.5, 0.6) is 0 Å². The molecule has 4 N–H and O–H groups in total. The van der Waals surface area contributed by atoms with Crippen LogP contribution >= 0.6 is 58.5 Å². The Bertz CT molecular complexity index is 1340. The predicted octanol–water partition coefficient (Wildman–Crippen LogP) is 2.35. The summed E-state index contributed by atoms with van der Waals surface area (Å²) >= 11 is 16.0. The number of thioether (sulfide) groups is 3. The maximum absolute atomic E-state index is 12.9. The van der Waals surface area contributed by atoms with E-state index in [2.05, 4.69) is 5.32 Å². The van der Waals surface area contributed by atoms with Crippen LogP contribution in [-0.4, -0.2) is 78.8 Å². The lowest BCUT2D eigenvalue weighted by Crippen LogP contribution is -2.70. The van der Waals surface area contributed by atoms with Crippen molar-refractivity contribution >= 4 is 82.2 Å². The fourth-order valence-electron chi connectivity index (χ4n) is 3.85. The van der Waals surface area contributed by atoms with Gasteiger partial charge in [0.2, 0.25) is 12.0 Å². The molecule has 15 heteroatoms. The van der Waals surface area contributed by atoms with Gasteiger partial charge in [-0.1, -0.05) is 23.2 Å². The Morgan fingerprint density at radius 1 is 1.15 bits per heavy atom. The third kappa shape index (κ3) is 7.02. The molecule has 0 spiro atoms. The maximum Gasteiger partial charge on any atom is 0.352 e. The molecule has 10 nitrogen and oxygen atoms in total. The van der Waals surface area contributed by atoms with Gasteiger partial charge in [0.25, 0.3) is 5.91 Å². The molecule has 2 amide bonds. The molecular weight excluding hydrogens is 609 g/mol. The second kappa shape index (κ2) is 12.8. The molecule has 1 aromatic heterocycles. The highest BCUT2D eigenvalue weighted by molar-refractivity contribution is 8.01. The first kappa shape index (κ1) is 29.6. The number of carbonyl (C=O) groups excluding carboxylic acids is 2. The summed E-state index contributed by atoms with van der Waals surface area (Å²) in [6.07, 6.45) is 1.72. The molecule has 2 aromatic rings. The highest BCUT2D eigenvalue weighted by Gasteiger charge is 2.54. The van der Waals surface area contributed by atoms with Crippen LogP contribution in [0.4, 0.5) is 0 Å². The number of β-lactam (4-membered cyclic amide) rings is 1. The highest BCUT2D eigenvalue weighted by Crippen LogP contribution is 2.41. The van der Waals surface area contributed by atoms with Crippen LogP contribution in [-0.2, 0) is 25.7 Å². The summed E-state index contributed by atoms with van der Waals surface area (Å²) < 4.78 is 1.53. The molecule has 0 radical (unpaired) electrons. The number of pyridine rings is 1. The van der Waals surface area contributed by atoms with Gasteiger partial charge in [-0.2, -0.15) is 0 Å². The van der Waals surface area contributed by atoms with Gasteiger partial charge in [-0.15, -0.1) is 35.3 Å². The number of halogens is 2. The number of rotatable bonds is 11. The average Bonchev–Trinajstić information content (AvgIpc) is 2.91. The molecule has 2 aliphatic heterocycles. The van der Waals surface area contributed by atoms with E-state index in [1.54, 1.807) is 42.7 Å². The molecular formula is C24H22Cl2N3O7S3+. The number of aliphatic hydroxyl groups excluding tert-OH is 1. The third-order valence-electron chi connectivity index (χ3n) is 5.76. The second-order valence-electron chi connectivity index (χ2n) is 8.45. The molecule has 3 heterocycles. The minimum Gasteiger partial charge on any atom is -0.479 e. The molecule has 2 aliphatic rings. The van der Waals surface area contributed by atoms with Crippen molar-refractivity contribution in [3.05, 3.63) is 64.0 Å². The second-order valence-corrected chi connectivity index (χ2v) is 12.5. The van der Waals surface area contributed by atoms with Gasteiger partial charge in [0.05, 0.1) is 10.8 Å². The van der Waals surface area contributed by atoms with Crippen LogP contribution in [0.3, 0.4) is 0 Å².